The topological polar surface area (TPSA) is 32.3 Å². The maximum atomic E-state index is 13.6. The number of likely N-dealkylation sites (tertiary alicyclic amines) is 1. The van der Waals surface area contributed by atoms with Crippen LogP contribution in [0.1, 0.15) is 24.0 Å². The van der Waals surface area contributed by atoms with Crippen LogP contribution >= 0.6 is 23.4 Å². The first-order valence-corrected chi connectivity index (χ1v) is 11.2. The summed E-state index contributed by atoms with van der Waals surface area (Å²) < 4.78 is 13.6. The summed E-state index contributed by atoms with van der Waals surface area (Å²) in [5.41, 5.74) is 1.82. The molecule has 0 aliphatic carbocycles. The summed E-state index contributed by atoms with van der Waals surface area (Å²) in [6.45, 7) is 3.15. The van der Waals surface area contributed by atoms with E-state index in [-0.39, 0.29) is 17.6 Å². The number of carbonyl (C=O) groups excluding carboxylic acids is 1. The minimum Gasteiger partial charge on any atom is -0.355 e. The lowest BCUT2D eigenvalue weighted by Gasteiger charge is -2.32. The van der Waals surface area contributed by atoms with Crippen molar-refractivity contribution in [1.29, 1.82) is 0 Å². The quantitative estimate of drug-likeness (QED) is 0.626. The number of amides is 1. The van der Waals surface area contributed by atoms with E-state index in [9.17, 15) is 9.18 Å². The Hall–Kier alpha value is -1.56. The number of nitrogens with zero attached hydrogens (tertiary/aromatic N) is 1. The molecule has 3 nitrogen and oxygen atoms in total. The molecule has 0 unspecified atom stereocenters. The standard InChI is InChI=1S/C22H26ClFN2OS/c23-20-9-3-1-6-17(20)14-26-12-5-8-18(15-26)22(27)25-11-13-28-16-19-7-2-4-10-21(19)24/h1-4,6-7,9-10,18H,5,8,11-16H2,(H,25,27)/t18-/m0/s1. The molecule has 1 N–H and O–H groups in total. The van der Waals surface area contributed by atoms with Crippen LogP contribution in [0, 0.1) is 11.7 Å². The summed E-state index contributed by atoms with van der Waals surface area (Å²) in [7, 11) is 0. The number of benzene rings is 2. The molecule has 1 aliphatic rings. The molecule has 0 saturated carbocycles. The second kappa shape index (κ2) is 10.8. The fourth-order valence-electron chi connectivity index (χ4n) is 3.47. The number of carbonyl (C=O) groups is 1. The van der Waals surface area contributed by atoms with E-state index in [1.54, 1.807) is 23.9 Å². The molecule has 2 aromatic carbocycles. The van der Waals surface area contributed by atoms with Gasteiger partial charge in [-0.3, -0.25) is 9.69 Å². The second-order valence-corrected chi connectivity index (χ2v) is 8.61. The van der Waals surface area contributed by atoms with E-state index in [4.69, 9.17) is 11.6 Å². The monoisotopic (exact) mass is 420 g/mol. The molecule has 1 fully saturated rings. The molecule has 0 bridgehead atoms. The van der Waals surface area contributed by atoms with Crippen molar-refractivity contribution < 1.29 is 9.18 Å². The highest BCUT2D eigenvalue weighted by Gasteiger charge is 2.25. The smallest absolute Gasteiger partial charge is 0.224 e. The van der Waals surface area contributed by atoms with Gasteiger partial charge in [-0.2, -0.15) is 11.8 Å². The minimum absolute atomic E-state index is 0.0211. The minimum atomic E-state index is -0.167. The van der Waals surface area contributed by atoms with Crippen LogP contribution in [0.25, 0.3) is 0 Å². The third-order valence-corrected chi connectivity index (χ3v) is 6.37. The first-order valence-electron chi connectivity index (χ1n) is 9.68. The van der Waals surface area contributed by atoms with Gasteiger partial charge in [-0.15, -0.1) is 0 Å². The average molecular weight is 421 g/mol. The molecular formula is C22H26ClFN2OS. The maximum absolute atomic E-state index is 13.6. The van der Waals surface area contributed by atoms with E-state index in [0.29, 0.717) is 17.9 Å². The predicted octanol–water partition coefficient (Wildman–Crippen LogP) is 4.74. The SMILES string of the molecule is O=C(NCCSCc1ccccc1F)[C@H]1CCCN(Cc2ccccc2Cl)C1. The number of halogens is 2. The third-order valence-electron chi connectivity index (χ3n) is 4.99. The molecule has 3 rings (SSSR count). The summed E-state index contributed by atoms with van der Waals surface area (Å²) in [4.78, 5) is 14.8. The number of nitrogens with one attached hydrogen (secondary N) is 1. The molecule has 28 heavy (non-hydrogen) atoms. The van der Waals surface area contributed by atoms with Gasteiger partial charge in [0.05, 0.1) is 5.92 Å². The Kier molecular flexibility index (Phi) is 8.19. The molecule has 0 spiro atoms. The largest absolute Gasteiger partial charge is 0.355 e. The van der Waals surface area contributed by atoms with Crippen LogP contribution in [0.5, 0.6) is 0 Å². The molecule has 1 heterocycles. The highest BCUT2D eigenvalue weighted by molar-refractivity contribution is 7.98. The predicted molar refractivity (Wildman–Crippen MR) is 115 cm³/mol. The number of thioether (sulfide) groups is 1. The molecule has 1 aliphatic heterocycles. The molecule has 1 saturated heterocycles. The van der Waals surface area contributed by atoms with Crippen LogP contribution < -0.4 is 5.32 Å². The van der Waals surface area contributed by atoms with Crippen molar-refractivity contribution in [2.45, 2.75) is 25.1 Å². The summed E-state index contributed by atoms with van der Waals surface area (Å²) in [5, 5.41) is 3.82. The van der Waals surface area contributed by atoms with E-state index in [2.05, 4.69) is 10.2 Å². The van der Waals surface area contributed by atoms with Gasteiger partial charge in [0.1, 0.15) is 5.82 Å². The Bertz CT molecular complexity index is 789. The lowest BCUT2D eigenvalue weighted by Crippen LogP contribution is -2.43. The number of hydrogen-bond acceptors (Lipinski definition) is 3. The highest BCUT2D eigenvalue weighted by Crippen LogP contribution is 2.22. The first-order chi connectivity index (χ1) is 13.6. The lowest BCUT2D eigenvalue weighted by atomic mass is 9.96. The van der Waals surface area contributed by atoms with Crippen LogP contribution in [-0.2, 0) is 17.1 Å². The van der Waals surface area contributed by atoms with Gasteiger partial charge in [0.15, 0.2) is 0 Å². The summed E-state index contributed by atoms with van der Waals surface area (Å²) >= 11 is 7.90. The van der Waals surface area contributed by atoms with Crippen LogP contribution in [0.15, 0.2) is 48.5 Å². The highest BCUT2D eigenvalue weighted by atomic mass is 35.5. The molecule has 6 heteroatoms. The summed E-state index contributed by atoms with van der Waals surface area (Å²) in [5.74, 6) is 1.37. The Morgan fingerprint density at radius 1 is 1.18 bits per heavy atom. The molecule has 1 atom stereocenters. The lowest BCUT2D eigenvalue weighted by molar-refractivity contribution is -0.126. The fourth-order valence-corrected chi connectivity index (χ4v) is 4.51. The van der Waals surface area contributed by atoms with Crippen LogP contribution in [0.3, 0.4) is 0 Å². The third kappa shape index (κ3) is 6.23. The van der Waals surface area contributed by atoms with E-state index in [1.165, 1.54) is 6.07 Å². The van der Waals surface area contributed by atoms with Crippen molar-refractivity contribution in [3.8, 4) is 0 Å². The zero-order chi connectivity index (χ0) is 19.8. The number of piperidine rings is 1. The molecule has 1 amide bonds. The van der Waals surface area contributed by atoms with Gasteiger partial charge in [-0.25, -0.2) is 4.39 Å². The Labute approximate surface area is 175 Å². The zero-order valence-corrected chi connectivity index (χ0v) is 17.4. The molecule has 0 radical (unpaired) electrons. The summed E-state index contributed by atoms with van der Waals surface area (Å²) in [6.07, 6.45) is 1.94. The first kappa shape index (κ1) is 21.2. The molecule has 2 aromatic rings. The van der Waals surface area contributed by atoms with Crippen molar-refractivity contribution in [3.05, 3.63) is 70.5 Å². The Balaban J connectivity index is 1.38. The second-order valence-electron chi connectivity index (χ2n) is 7.10. The van der Waals surface area contributed by atoms with E-state index < -0.39 is 0 Å². The maximum Gasteiger partial charge on any atom is 0.224 e. The fraction of sp³-hybridized carbons (Fsp3) is 0.409. The van der Waals surface area contributed by atoms with Crippen molar-refractivity contribution in [3.63, 3.8) is 0 Å². The average Bonchev–Trinajstić information content (AvgIpc) is 2.71. The molecular weight excluding hydrogens is 395 g/mol. The van der Waals surface area contributed by atoms with Gasteiger partial charge < -0.3 is 5.32 Å². The normalized spacial score (nSPS) is 17.4. The van der Waals surface area contributed by atoms with Crippen molar-refractivity contribution in [2.75, 3.05) is 25.4 Å². The Morgan fingerprint density at radius 3 is 2.71 bits per heavy atom. The summed E-state index contributed by atoms with van der Waals surface area (Å²) in [6, 6.07) is 14.7. The van der Waals surface area contributed by atoms with Crippen LogP contribution in [0.2, 0.25) is 5.02 Å². The van der Waals surface area contributed by atoms with Gasteiger partial charge in [-0.1, -0.05) is 48.0 Å². The van der Waals surface area contributed by atoms with Gasteiger partial charge in [0, 0.05) is 36.2 Å². The zero-order valence-electron chi connectivity index (χ0n) is 15.9. The van der Waals surface area contributed by atoms with Crippen molar-refractivity contribution in [1.82, 2.24) is 10.2 Å². The number of hydrogen-bond donors (Lipinski definition) is 1. The molecule has 0 aromatic heterocycles. The van der Waals surface area contributed by atoms with E-state index >= 15 is 0 Å². The van der Waals surface area contributed by atoms with Gasteiger partial charge >= 0.3 is 0 Å². The van der Waals surface area contributed by atoms with Gasteiger partial charge in [0.2, 0.25) is 5.91 Å². The van der Waals surface area contributed by atoms with Gasteiger partial charge in [0.25, 0.3) is 0 Å². The van der Waals surface area contributed by atoms with Gasteiger partial charge in [-0.05, 0) is 42.6 Å². The van der Waals surface area contributed by atoms with E-state index in [0.717, 1.165) is 48.8 Å². The van der Waals surface area contributed by atoms with Crippen molar-refractivity contribution in [2.24, 2.45) is 5.92 Å². The van der Waals surface area contributed by atoms with Crippen LogP contribution in [-0.4, -0.2) is 36.2 Å². The number of rotatable bonds is 8. The van der Waals surface area contributed by atoms with E-state index in [1.807, 2.05) is 30.3 Å². The van der Waals surface area contributed by atoms with Crippen molar-refractivity contribution >= 4 is 29.3 Å². The molecule has 150 valence electrons. The van der Waals surface area contributed by atoms with Crippen LogP contribution in [0.4, 0.5) is 4.39 Å². The Morgan fingerprint density at radius 2 is 1.93 bits per heavy atom.